The molecule has 1 aliphatic heterocycles. The summed E-state index contributed by atoms with van der Waals surface area (Å²) < 4.78 is 5.21. The van der Waals surface area contributed by atoms with Gasteiger partial charge in [0.05, 0.1) is 19.3 Å². The normalized spacial score (nSPS) is 19.6. The molecular formula is C13H13N3O3. The Bertz CT molecular complexity index is 612. The molecule has 0 aliphatic carbocycles. The van der Waals surface area contributed by atoms with Gasteiger partial charge >= 0.3 is 5.97 Å². The van der Waals surface area contributed by atoms with Crippen LogP contribution in [0.15, 0.2) is 30.5 Å². The summed E-state index contributed by atoms with van der Waals surface area (Å²) in [6, 6.07) is 7.79. The minimum atomic E-state index is -0.946. The number of benzene rings is 1. The monoisotopic (exact) mass is 259 g/mol. The molecule has 1 fully saturated rings. The molecule has 0 bridgehead atoms. The van der Waals surface area contributed by atoms with Crippen LogP contribution in [0, 0.1) is 0 Å². The van der Waals surface area contributed by atoms with Crippen LogP contribution in [0.5, 0.6) is 0 Å². The van der Waals surface area contributed by atoms with E-state index in [-0.39, 0.29) is 6.54 Å². The average Bonchev–Trinajstić information content (AvgIpc) is 2.47. The third kappa shape index (κ3) is 2.22. The molecule has 6 nitrogen and oxygen atoms in total. The molecule has 1 N–H and O–H groups in total. The fraction of sp³-hybridized carbons (Fsp3) is 0.308. The Balaban J connectivity index is 1.97. The summed E-state index contributed by atoms with van der Waals surface area (Å²) in [6.45, 7) is 1.28. The summed E-state index contributed by atoms with van der Waals surface area (Å²) in [7, 11) is 0. The van der Waals surface area contributed by atoms with Gasteiger partial charge in [0, 0.05) is 17.3 Å². The minimum Gasteiger partial charge on any atom is -0.479 e. The Morgan fingerprint density at radius 1 is 1.42 bits per heavy atom. The van der Waals surface area contributed by atoms with E-state index in [1.165, 1.54) is 0 Å². The van der Waals surface area contributed by atoms with Gasteiger partial charge in [-0.25, -0.2) is 4.79 Å². The highest BCUT2D eigenvalue weighted by Gasteiger charge is 2.27. The van der Waals surface area contributed by atoms with Crippen molar-refractivity contribution in [2.45, 2.75) is 6.10 Å². The third-order valence-corrected chi connectivity index (χ3v) is 3.19. The number of nitrogens with zero attached hydrogens (tertiary/aromatic N) is 3. The number of carboxylic acids is 1. The number of aliphatic carboxylic acids is 1. The van der Waals surface area contributed by atoms with E-state index in [0.717, 1.165) is 10.8 Å². The largest absolute Gasteiger partial charge is 0.479 e. The zero-order chi connectivity index (χ0) is 13.2. The van der Waals surface area contributed by atoms with Gasteiger partial charge in [-0.05, 0) is 0 Å². The van der Waals surface area contributed by atoms with Crippen molar-refractivity contribution in [3.05, 3.63) is 30.5 Å². The molecule has 0 radical (unpaired) electrons. The van der Waals surface area contributed by atoms with Gasteiger partial charge in [-0.2, -0.15) is 5.10 Å². The van der Waals surface area contributed by atoms with Crippen LogP contribution in [0.1, 0.15) is 0 Å². The first-order chi connectivity index (χ1) is 9.25. The van der Waals surface area contributed by atoms with Gasteiger partial charge < -0.3 is 14.7 Å². The standard InChI is InChI=1S/C13H13N3O3/c17-13(18)11-8-16(5-6-19-11)12-10-4-2-1-3-9(10)7-14-15-12/h1-4,7,11H,5-6,8H2,(H,17,18). The maximum atomic E-state index is 11.0. The van der Waals surface area contributed by atoms with Crippen molar-refractivity contribution in [3.63, 3.8) is 0 Å². The first-order valence-electron chi connectivity index (χ1n) is 6.05. The number of carboxylic acid groups (broad SMARTS) is 1. The van der Waals surface area contributed by atoms with E-state index in [1.54, 1.807) is 6.20 Å². The highest BCUT2D eigenvalue weighted by molar-refractivity contribution is 5.91. The van der Waals surface area contributed by atoms with Crippen LogP contribution >= 0.6 is 0 Å². The summed E-state index contributed by atoms with van der Waals surface area (Å²) in [6.07, 6.45) is 0.892. The lowest BCUT2D eigenvalue weighted by molar-refractivity contribution is -0.150. The van der Waals surface area contributed by atoms with E-state index in [1.807, 2.05) is 29.2 Å². The first-order valence-corrected chi connectivity index (χ1v) is 6.05. The maximum Gasteiger partial charge on any atom is 0.334 e. The molecule has 1 aliphatic rings. The first kappa shape index (κ1) is 11.9. The number of morpholine rings is 1. The van der Waals surface area contributed by atoms with Crippen LogP contribution in [0.3, 0.4) is 0 Å². The molecule has 0 amide bonds. The summed E-state index contributed by atoms with van der Waals surface area (Å²) in [5.74, 6) is -0.231. The van der Waals surface area contributed by atoms with E-state index in [2.05, 4.69) is 10.2 Å². The second kappa shape index (κ2) is 4.81. The van der Waals surface area contributed by atoms with Gasteiger partial charge in [0.15, 0.2) is 11.9 Å². The molecule has 1 aromatic carbocycles. The number of carbonyl (C=O) groups is 1. The predicted molar refractivity (Wildman–Crippen MR) is 69.1 cm³/mol. The minimum absolute atomic E-state index is 0.290. The van der Waals surface area contributed by atoms with Gasteiger partial charge in [-0.3, -0.25) is 0 Å². The molecule has 2 heterocycles. The Hall–Kier alpha value is -2.21. The van der Waals surface area contributed by atoms with Crippen LogP contribution in [0.25, 0.3) is 10.8 Å². The van der Waals surface area contributed by atoms with Crippen LogP contribution in [-0.4, -0.2) is 47.1 Å². The molecule has 98 valence electrons. The van der Waals surface area contributed by atoms with Gasteiger partial charge in [-0.1, -0.05) is 24.3 Å². The van der Waals surface area contributed by atoms with E-state index in [4.69, 9.17) is 9.84 Å². The zero-order valence-corrected chi connectivity index (χ0v) is 10.2. The van der Waals surface area contributed by atoms with Crippen molar-refractivity contribution in [1.29, 1.82) is 0 Å². The average molecular weight is 259 g/mol. The number of rotatable bonds is 2. The van der Waals surface area contributed by atoms with Crippen molar-refractivity contribution in [1.82, 2.24) is 10.2 Å². The molecule has 1 aromatic heterocycles. The van der Waals surface area contributed by atoms with Crippen LogP contribution in [0.2, 0.25) is 0 Å². The molecule has 3 rings (SSSR count). The van der Waals surface area contributed by atoms with Crippen molar-refractivity contribution in [2.75, 3.05) is 24.6 Å². The molecule has 2 aromatic rings. The zero-order valence-electron chi connectivity index (χ0n) is 10.2. The van der Waals surface area contributed by atoms with E-state index in [0.29, 0.717) is 19.0 Å². The quantitative estimate of drug-likeness (QED) is 0.864. The lowest BCUT2D eigenvalue weighted by Gasteiger charge is -2.31. The second-order valence-electron chi connectivity index (χ2n) is 4.40. The lowest BCUT2D eigenvalue weighted by atomic mass is 10.1. The summed E-state index contributed by atoms with van der Waals surface area (Å²) in [5.41, 5.74) is 0. The fourth-order valence-electron chi connectivity index (χ4n) is 2.24. The number of anilines is 1. The number of hydrogen-bond donors (Lipinski definition) is 1. The SMILES string of the molecule is O=C(O)C1CN(c2nncc3ccccc23)CCO1. The maximum absolute atomic E-state index is 11.0. The predicted octanol–water partition coefficient (Wildman–Crippen LogP) is 0.920. The number of aromatic nitrogens is 2. The number of hydrogen-bond acceptors (Lipinski definition) is 5. The Labute approximate surface area is 109 Å². The van der Waals surface area contributed by atoms with Gasteiger partial charge in [0.2, 0.25) is 0 Å². The smallest absolute Gasteiger partial charge is 0.334 e. The molecule has 1 unspecified atom stereocenters. The van der Waals surface area contributed by atoms with Gasteiger partial charge in [0.25, 0.3) is 0 Å². The van der Waals surface area contributed by atoms with Crippen LogP contribution < -0.4 is 4.90 Å². The lowest BCUT2D eigenvalue weighted by Crippen LogP contribution is -2.46. The highest BCUT2D eigenvalue weighted by atomic mass is 16.5. The van der Waals surface area contributed by atoms with E-state index in [9.17, 15) is 4.79 Å². The number of ether oxygens (including phenoxy) is 1. The van der Waals surface area contributed by atoms with Crippen molar-refractivity contribution < 1.29 is 14.6 Å². The summed E-state index contributed by atoms with van der Waals surface area (Å²) in [4.78, 5) is 12.9. The summed E-state index contributed by atoms with van der Waals surface area (Å²) >= 11 is 0. The summed E-state index contributed by atoms with van der Waals surface area (Å²) in [5, 5.41) is 19.1. The Morgan fingerprint density at radius 2 is 2.26 bits per heavy atom. The van der Waals surface area contributed by atoms with Crippen LogP contribution in [-0.2, 0) is 9.53 Å². The van der Waals surface area contributed by atoms with E-state index < -0.39 is 12.1 Å². The fourth-order valence-corrected chi connectivity index (χ4v) is 2.24. The van der Waals surface area contributed by atoms with Gasteiger partial charge in [-0.15, -0.1) is 5.10 Å². The molecule has 19 heavy (non-hydrogen) atoms. The highest BCUT2D eigenvalue weighted by Crippen LogP contribution is 2.24. The van der Waals surface area contributed by atoms with Crippen molar-refractivity contribution in [3.8, 4) is 0 Å². The van der Waals surface area contributed by atoms with Crippen molar-refractivity contribution in [2.24, 2.45) is 0 Å². The Morgan fingerprint density at radius 3 is 3.11 bits per heavy atom. The molecule has 1 atom stereocenters. The third-order valence-electron chi connectivity index (χ3n) is 3.19. The van der Waals surface area contributed by atoms with Crippen molar-refractivity contribution >= 4 is 22.6 Å². The topological polar surface area (TPSA) is 75.5 Å². The van der Waals surface area contributed by atoms with Crippen LogP contribution in [0.4, 0.5) is 5.82 Å². The molecule has 0 saturated carbocycles. The molecule has 1 saturated heterocycles. The Kier molecular flexibility index (Phi) is 3.00. The molecule has 6 heteroatoms. The molecular weight excluding hydrogens is 246 g/mol. The van der Waals surface area contributed by atoms with E-state index >= 15 is 0 Å². The molecule has 0 spiro atoms. The number of fused-ring (bicyclic) bond motifs is 1. The second-order valence-corrected chi connectivity index (χ2v) is 4.40. The van der Waals surface area contributed by atoms with Gasteiger partial charge in [0.1, 0.15) is 0 Å².